The van der Waals surface area contributed by atoms with Gasteiger partial charge in [0.25, 0.3) is 5.91 Å². The normalized spacial score (nSPS) is 20.9. The first kappa shape index (κ1) is 16.0. The lowest BCUT2D eigenvalue weighted by atomic mass is 9.97. The third kappa shape index (κ3) is 4.79. The molecule has 3 rings (SSSR count). The number of hydrogen-bond acceptors (Lipinski definition) is 4. The van der Waals surface area contributed by atoms with E-state index in [1.54, 1.807) is 18.3 Å². The molecule has 2 heterocycles. The van der Waals surface area contributed by atoms with Gasteiger partial charge in [-0.2, -0.15) is 0 Å². The molecule has 1 atom stereocenters. The third-order valence-corrected chi connectivity index (χ3v) is 4.29. The number of amides is 1. The summed E-state index contributed by atoms with van der Waals surface area (Å²) >= 11 is 0. The van der Waals surface area contributed by atoms with Gasteiger partial charge in [0.2, 0.25) is 5.88 Å². The van der Waals surface area contributed by atoms with Crippen LogP contribution >= 0.6 is 0 Å². The van der Waals surface area contributed by atoms with Crippen LogP contribution in [-0.2, 0) is 4.74 Å². The molecule has 1 fully saturated rings. The minimum absolute atomic E-state index is 0.0408. The molecule has 0 aromatic carbocycles. The fraction of sp³-hybridized carbons (Fsp3) is 0.556. The van der Waals surface area contributed by atoms with Gasteiger partial charge in [0.15, 0.2) is 0 Å². The van der Waals surface area contributed by atoms with E-state index in [0.29, 0.717) is 24.6 Å². The number of allylic oxidation sites excluding steroid dienone is 1. The van der Waals surface area contributed by atoms with E-state index < -0.39 is 0 Å². The summed E-state index contributed by atoms with van der Waals surface area (Å²) in [5, 5.41) is 2.98. The standard InChI is InChI=1S/C18H24N2O3/c21-18(20-9-6-14-4-2-1-3-5-14)15-7-10-19-17(12-15)23-16-8-11-22-13-16/h4,7,10,12,16H,1-3,5-6,8-9,11,13H2,(H,20,21). The van der Waals surface area contributed by atoms with Crippen LogP contribution in [0.2, 0.25) is 0 Å². The number of nitrogens with zero attached hydrogens (tertiary/aromatic N) is 1. The average molecular weight is 316 g/mol. The first-order valence-electron chi connectivity index (χ1n) is 8.48. The molecule has 0 saturated carbocycles. The van der Waals surface area contributed by atoms with Crippen molar-refractivity contribution < 1.29 is 14.3 Å². The van der Waals surface area contributed by atoms with Crippen LogP contribution in [0.3, 0.4) is 0 Å². The first-order chi connectivity index (χ1) is 11.3. The van der Waals surface area contributed by atoms with Crippen LogP contribution in [0.15, 0.2) is 30.0 Å². The van der Waals surface area contributed by atoms with E-state index in [4.69, 9.17) is 9.47 Å². The maximum atomic E-state index is 12.2. The largest absolute Gasteiger partial charge is 0.472 e. The Labute approximate surface area is 137 Å². The van der Waals surface area contributed by atoms with Gasteiger partial charge < -0.3 is 14.8 Å². The van der Waals surface area contributed by atoms with E-state index in [9.17, 15) is 4.79 Å². The average Bonchev–Trinajstić information content (AvgIpc) is 3.09. The smallest absolute Gasteiger partial charge is 0.251 e. The molecule has 1 aliphatic carbocycles. The van der Waals surface area contributed by atoms with Crippen LogP contribution in [0, 0.1) is 0 Å². The molecule has 0 radical (unpaired) electrons. The molecular weight excluding hydrogens is 292 g/mol. The zero-order valence-electron chi connectivity index (χ0n) is 13.4. The molecule has 0 bridgehead atoms. The lowest BCUT2D eigenvalue weighted by Crippen LogP contribution is -2.25. The van der Waals surface area contributed by atoms with Crippen LogP contribution in [0.4, 0.5) is 0 Å². The van der Waals surface area contributed by atoms with Crippen molar-refractivity contribution in [3.05, 3.63) is 35.5 Å². The molecule has 1 amide bonds. The minimum Gasteiger partial charge on any atom is -0.472 e. The molecular formula is C18H24N2O3. The van der Waals surface area contributed by atoms with Crippen LogP contribution in [0.1, 0.15) is 48.9 Å². The molecule has 5 heteroatoms. The molecule has 1 aromatic heterocycles. The van der Waals surface area contributed by atoms with Crippen molar-refractivity contribution in [2.75, 3.05) is 19.8 Å². The van der Waals surface area contributed by atoms with Crippen LogP contribution in [-0.4, -0.2) is 36.8 Å². The van der Waals surface area contributed by atoms with Gasteiger partial charge in [-0.1, -0.05) is 11.6 Å². The Morgan fingerprint density at radius 3 is 3.17 bits per heavy atom. The van der Waals surface area contributed by atoms with E-state index in [1.807, 2.05) is 0 Å². The van der Waals surface area contributed by atoms with Gasteiger partial charge in [-0.05, 0) is 38.2 Å². The maximum absolute atomic E-state index is 12.2. The molecule has 5 nitrogen and oxygen atoms in total. The van der Waals surface area contributed by atoms with Crippen LogP contribution in [0.25, 0.3) is 0 Å². The summed E-state index contributed by atoms with van der Waals surface area (Å²) in [6, 6.07) is 3.42. The lowest BCUT2D eigenvalue weighted by molar-refractivity contribution is 0.0952. The summed E-state index contributed by atoms with van der Waals surface area (Å²) in [5.74, 6) is 0.416. The fourth-order valence-electron chi connectivity index (χ4n) is 2.96. The highest BCUT2D eigenvalue weighted by atomic mass is 16.5. The summed E-state index contributed by atoms with van der Waals surface area (Å²) in [7, 11) is 0. The van der Waals surface area contributed by atoms with Crippen molar-refractivity contribution in [2.45, 2.75) is 44.6 Å². The number of rotatable bonds is 6. The zero-order valence-corrected chi connectivity index (χ0v) is 13.4. The minimum atomic E-state index is -0.0728. The number of pyridine rings is 1. The monoisotopic (exact) mass is 316 g/mol. The van der Waals surface area contributed by atoms with E-state index in [-0.39, 0.29) is 12.0 Å². The molecule has 23 heavy (non-hydrogen) atoms. The number of carbonyl (C=O) groups is 1. The molecule has 1 unspecified atom stereocenters. The molecule has 1 N–H and O–H groups in total. The second kappa shape index (κ2) is 8.11. The first-order valence-corrected chi connectivity index (χ1v) is 8.48. The Hall–Kier alpha value is -1.88. The Balaban J connectivity index is 1.49. The van der Waals surface area contributed by atoms with Crippen LogP contribution < -0.4 is 10.1 Å². The summed E-state index contributed by atoms with van der Waals surface area (Å²) in [6.45, 7) is 1.99. The van der Waals surface area contributed by atoms with E-state index in [1.165, 1.54) is 31.3 Å². The molecule has 1 saturated heterocycles. The van der Waals surface area contributed by atoms with Crippen molar-refractivity contribution in [1.82, 2.24) is 10.3 Å². The molecule has 1 aliphatic heterocycles. The SMILES string of the molecule is O=C(NCCC1=CCCCC1)c1ccnc(OC2CCOC2)c1. The van der Waals surface area contributed by atoms with Gasteiger partial charge in [0, 0.05) is 30.8 Å². The topological polar surface area (TPSA) is 60.5 Å². The highest BCUT2D eigenvalue weighted by Gasteiger charge is 2.18. The van der Waals surface area contributed by atoms with Crippen molar-refractivity contribution in [2.24, 2.45) is 0 Å². The molecule has 2 aliphatic rings. The van der Waals surface area contributed by atoms with Gasteiger partial charge in [0.1, 0.15) is 6.10 Å². The zero-order chi connectivity index (χ0) is 15.9. The van der Waals surface area contributed by atoms with Crippen molar-refractivity contribution in [1.29, 1.82) is 0 Å². The van der Waals surface area contributed by atoms with Gasteiger partial charge in [0.05, 0.1) is 13.2 Å². The van der Waals surface area contributed by atoms with Crippen molar-refractivity contribution in [3.63, 3.8) is 0 Å². The Kier molecular flexibility index (Phi) is 5.64. The number of hydrogen-bond donors (Lipinski definition) is 1. The van der Waals surface area contributed by atoms with Crippen molar-refractivity contribution >= 4 is 5.91 Å². The number of carbonyl (C=O) groups excluding carboxylic acids is 1. The fourth-order valence-corrected chi connectivity index (χ4v) is 2.96. The second-order valence-electron chi connectivity index (χ2n) is 6.10. The molecule has 124 valence electrons. The van der Waals surface area contributed by atoms with Gasteiger partial charge in [-0.15, -0.1) is 0 Å². The van der Waals surface area contributed by atoms with Crippen LogP contribution in [0.5, 0.6) is 5.88 Å². The lowest BCUT2D eigenvalue weighted by Gasteiger charge is -2.13. The predicted molar refractivity (Wildman–Crippen MR) is 87.6 cm³/mol. The highest BCUT2D eigenvalue weighted by Crippen LogP contribution is 2.19. The third-order valence-electron chi connectivity index (χ3n) is 4.29. The molecule has 1 aromatic rings. The summed E-state index contributed by atoms with van der Waals surface area (Å²) in [4.78, 5) is 16.4. The van der Waals surface area contributed by atoms with E-state index in [2.05, 4.69) is 16.4 Å². The highest BCUT2D eigenvalue weighted by molar-refractivity contribution is 5.94. The Morgan fingerprint density at radius 1 is 1.43 bits per heavy atom. The second-order valence-corrected chi connectivity index (χ2v) is 6.10. The van der Waals surface area contributed by atoms with Gasteiger partial charge >= 0.3 is 0 Å². The maximum Gasteiger partial charge on any atom is 0.251 e. The van der Waals surface area contributed by atoms with Crippen molar-refractivity contribution in [3.8, 4) is 5.88 Å². The number of nitrogens with one attached hydrogen (secondary N) is 1. The molecule has 0 spiro atoms. The number of ether oxygens (including phenoxy) is 2. The predicted octanol–water partition coefficient (Wildman–Crippen LogP) is 2.87. The summed E-state index contributed by atoms with van der Waals surface area (Å²) in [6.07, 6.45) is 10.7. The van der Waals surface area contributed by atoms with Gasteiger partial charge in [-0.3, -0.25) is 4.79 Å². The van der Waals surface area contributed by atoms with Gasteiger partial charge in [-0.25, -0.2) is 4.98 Å². The van der Waals surface area contributed by atoms with E-state index >= 15 is 0 Å². The summed E-state index contributed by atoms with van der Waals surface area (Å²) < 4.78 is 11.0. The number of aromatic nitrogens is 1. The Morgan fingerprint density at radius 2 is 2.39 bits per heavy atom. The van der Waals surface area contributed by atoms with E-state index in [0.717, 1.165) is 19.4 Å². The Bertz CT molecular complexity index is 565. The summed E-state index contributed by atoms with van der Waals surface area (Å²) in [5.41, 5.74) is 2.06. The quantitative estimate of drug-likeness (QED) is 0.820.